The van der Waals surface area contributed by atoms with Crippen LogP contribution in [0.15, 0.2) is 46.9 Å². The van der Waals surface area contributed by atoms with E-state index in [0.717, 1.165) is 10.9 Å². The quantitative estimate of drug-likeness (QED) is 0.662. The zero-order chi connectivity index (χ0) is 13.9. The van der Waals surface area contributed by atoms with Gasteiger partial charge in [-0.15, -0.1) is 0 Å². The van der Waals surface area contributed by atoms with Gasteiger partial charge in [-0.3, -0.25) is 11.3 Å². The van der Waals surface area contributed by atoms with Crippen LogP contribution in [0.4, 0.5) is 0 Å². The predicted octanol–water partition coefficient (Wildman–Crippen LogP) is 3.68. The van der Waals surface area contributed by atoms with E-state index >= 15 is 0 Å². The van der Waals surface area contributed by atoms with Crippen LogP contribution in [0.3, 0.4) is 0 Å². The summed E-state index contributed by atoms with van der Waals surface area (Å²) < 4.78 is 1.11. The molecular formula is C17H19BrN2. The molecule has 2 aromatic rings. The molecule has 0 saturated carbocycles. The topological polar surface area (TPSA) is 38.0 Å². The van der Waals surface area contributed by atoms with Crippen molar-refractivity contribution in [2.75, 3.05) is 0 Å². The molecule has 2 aromatic carbocycles. The average molecular weight is 331 g/mol. The summed E-state index contributed by atoms with van der Waals surface area (Å²) in [6.45, 7) is 0. The Kier molecular flexibility index (Phi) is 4.20. The van der Waals surface area contributed by atoms with Gasteiger partial charge in [0.25, 0.3) is 0 Å². The van der Waals surface area contributed by atoms with Crippen LogP contribution < -0.4 is 11.3 Å². The Morgan fingerprint density at radius 3 is 2.75 bits per heavy atom. The third kappa shape index (κ3) is 2.95. The van der Waals surface area contributed by atoms with Gasteiger partial charge in [-0.05, 0) is 60.1 Å². The molecular weight excluding hydrogens is 312 g/mol. The van der Waals surface area contributed by atoms with Crippen LogP contribution in [0, 0.1) is 0 Å². The highest BCUT2D eigenvalue weighted by Crippen LogP contribution is 2.27. The largest absolute Gasteiger partial charge is 0.271 e. The van der Waals surface area contributed by atoms with Crippen molar-refractivity contribution in [1.82, 2.24) is 5.43 Å². The summed E-state index contributed by atoms with van der Waals surface area (Å²) in [5, 5.41) is 0. The van der Waals surface area contributed by atoms with Crippen LogP contribution in [0.1, 0.15) is 34.7 Å². The minimum Gasteiger partial charge on any atom is -0.271 e. The lowest BCUT2D eigenvalue weighted by Gasteiger charge is -2.18. The molecule has 0 saturated heterocycles. The molecule has 1 unspecified atom stereocenters. The van der Waals surface area contributed by atoms with Gasteiger partial charge in [-0.25, -0.2) is 0 Å². The number of rotatable bonds is 4. The standard InChI is InChI=1S/C17H19BrN2/c18-16-6-1-3-12(9-16)10-17(20-19)15-8-7-13-4-2-5-14(13)11-15/h1,3,6-9,11,17,20H,2,4-5,10,19H2. The van der Waals surface area contributed by atoms with Crippen LogP contribution in [0.25, 0.3) is 0 Å². The molecule has 1 aliphatic carbocycles. The fourth-order valence-corrected chi connectivity index (χ4v) is 3.43. The molecule has 20 heavy (non-hydrogen) atoms. The Morgan fingerprint density at radius 2 is 1.95 bits per heavy atom. The first-order valence-electron chi connectivity index (χ1n) is 7.08. The summed E-state index contributed by atoms with van der Waals surface area (Å²) in [4.78, 5) is 0. The highest BCUT2D eigenvalue weighted by molar-refractivity contribution is 9.10. The van der Waals surface area contributed by atoms with Crippen LogP contribution in [-0.4, -0.2) is 0 Å². The highest BCUT2D eigenvalue weighted by atomic mass is 79.9. The second-order valence-electron chi connectivity index (χ2n) is 5.43. The van der Waals surface area contributed by atoms with Gasteiger partial charge in [0.2, 0.25) is 0 Å². The Hall–Kier alpha value is -1.16. The van der Waals surface area contributed by atoms with Gasteiger partial charge in [-0.1, -0.05) is 46.3 Å². The number of nitrogens with two attached hydrogens (primary N) is 1. The highest BCUT2D eigenvalue weighted by Gasteiger charge is 2.15. The van der Waals surface area contributed by atoms with Gasteiger partial charge in [0, 0.05) is 10.5 Å². The first kappa shape index (κ1) is 13.8. The second-order valence-corrected chi connectivity index (χ2v) is 6.35. The molecule has 104 valence electrons. The molecule has 0 aromatic heterocycles. The molecule has 0 fully saturated rings. The maximum absolute atomic E-state index is 5.77. The van der Waals surface area contributed by atoms with Crippen molar-refractivity contribution < 1.29 is 0 Å². The van der Waals surface area contributed by atoms with E-state index in [9.17, 15) is 0 Å². The van der Waals surface area contributed by atoms with Gasteiger partial charge in [0.15, 0.2) is 0 Å². The van der Waals surface area contributed by atoms with E-state index in [2.05, 4.69) is 57.8 Å². The maximum Gasteiger partial charge on any atom is 0.0500 e. The Balaban J connectivity index is 1.83. The number of fused-ring (bicyclic) bond motifs is 1. The van der Waals surface area contributed by atoms with E-state index in [1.807, 2.05) is 6.07 Å². The molecule has 0 heterocycles. The molecule has 0 amide bonds. The smallest absolute Gasteiger partial charge is 0.0500 e. The average Bonchev–Trinajstić information content (AvgIpc) is 2.92. The van der Waals surface area contributed by atoms with E-state index in [1.165, 1.54) is 41.5 Å². The molecule has 0 aliphatic heterocycles. The summed E-state index contributed by atoms with van der Waals surface area (Å²) in [6, 6.07) is 15.4. The predicted molar refractivity (Wildman–Crippen MR) is 86.4 cm³/mol. The monoisotopic (exact) mass is 330 g/mol. The van der Waals surface area contributed by atoms with Crippen molar-refractivity contribution in [3.8, 4) is 0 Å². The lowest BCUT2D eigenvalue weighted by molar-refractivity contribution is 0.551. The van der Waals surface area contributed by atoms with E-state index in [4.69, 9.17) is 5.84 Å². The molecule has 3 heteroatoms. The van der Waals surface area contributed by atoms with Crippen molar-refractivity contribution in [3.05, 3.63) is 69.2 Å². The number of hydrazine groups is 1. The van der Waals surface area contributed by atoms with Gasteiger partial charge in [0.1, 0.15) is 0 Å². The molecule has 1 atom stereocenters. The zero-order valence-electron chi connectivity index (χ0n) is 11.4. The molecule has 1 aliphatic rings. The minimum absolute atomic E-state index is 0.162. The number of hydrogen-bond acceptors (Lipinski definition) is 2. The number of nitrogens with one attached hydrogen (secondary N) is 1. The maximum atomic E-state index is 5.77. The number of hydrogen-bond donors (Lipinski definition) is 2. The normalized spacial score (nSPS) is 15.1. The Labute approximate surface area is 128 Å². The fraction of sp³-hybridized carbons (Fsp3) is 0.294. The van der Waals surface area contributed by atoms with Crippen molar-refractivity contribution in [3.63, 3.8) is 0 Å². The molecule has 3 rings (SSSR count). The van der Waals surface area contributed by atoms with E-state index < -0.39 is 0 Å². The van der Waals surface area contributed by atoms with Gasteiger partial charge < -0.3 is 0 Å². The number of benzene rings is 2. The Morgan fingerprint density at radius 1 is 1.10 bits per heavy atom. The van der Waals surface area contributed by atoms with Crippen LogP contribution in [0.5, 0.6) is 0 Å². The molecule has 3 N–H and O–H groups in total. The van der Waals surface area contributed by atoms with Crippen LogP contribution >= 0.6 is 15.9 Å². The number of aryl methyl sites for hydroxylation is 2. The number of halogens is 1. The lowest BCUT2D eigenvalue weighted by atomic mass is 9.96. The van der Waals surface area contributed by atoms with Crippen LogP contribution in [0.2, 0.25) is 0 Å². The third-order valence-electron chi connectivity index (χ3n) is 4.05. The SMILES string of the molecule is NNC(Cc1cccc(Br)c1)c1ccc2c(c1)CCC2. The summed E-state index contributed by atoms with van der Waals surface area (Å²) in [7, 11) is 0. The van der Waals surface area contributed by atoms with Crippen molar-refractivity contribution in [1.29, 1.82) is 0 Å². The molecule has 2 nitrogen and oxygen atoms in total. The third-order valence-corrected chi connectivity index (χ3v) is 4.55. The van der Waals surface area contributed by atoms with Crippen molar-refractivity contribution in [2.24, 2.45) is 5.84 Å². The van der Waals surface area contributed by atoms with Crippen molar-refractivity contribution >= 4 is 15.9 Å². The summed E-state index contributed by atoms with van der Waals surface area (Å²) in [6.07, 6.45) is 4.61. The van der Waals surface area contributed by atoms with Gasteiger partial charge >= 0.3 is 0 Å². The summed E-state index contributed by atoms with van der Waals surface area (Å²) >= 11 is 3.52. The first-order valence-corrected chi connectivity index (χ1v) is 7.88. The van der Waals surface area contributed by atoms with Gasteiger partial charge in [0.05, 0.1) is 0 Å². The van der Waals surface area contributed by atoms with E-state index in [0.29, 0.717) is 0 Å². The fourth-order valence-electron chi connectivity index (χ4n) is 2.98. The lowest BCUT2D eigenvalue weighted by Crippen LogP contribution is -2.29. The van der Waals surface area contributed by atoms with E-state index in [1.54, 1.807) is 0 Å². The first-order chi connectivity index (χ1) is 9.76. The summed E-state index contributed by atoms with van der Waals surface area (Å²) in [5.74, 6) is 5.77. The minimum atomic E-state index is 0.162. The van der Waals surface area contributed by atoms with E-state index in [-0.39, 0.29) is 6.04 Å². The van der Waals surface area contributed by atoms with Crippen LogP contribution in [-0.2, 0) is 19.3 Å². The molecule has 0 radical (unpaired) electrons. The second kappa shape index (κ2) is 6.08. The molecule has 0 spiro atoms. The van der Waals surface area contributed by atoms with Crippen molar-refractivity contribution in [2.45, 2.75) is 31.7 Å². The molecule has 0 bridgehead atoms. The summed E-state index contributed by atoms with van der Waals surface area (Å²) in [5.41, 5.74) is 8.53. The zero-order valence-corrected chi connectivity index (χ0v) is 13.0. The van der Waals surface area contributed by atoms with Gasteiger partial charge in [-0.2, -0.15) is 0 Å². The Bertz CT molecular complexity index is 610.